The number of nitrogens with zero attached hydrogens (tertiary/aromatic N) is 2. The Bertz CT molecular complexity index is 423. The number of benzene rings is 1. The van der Waals surface area contributed by atoms with Gasteiger partial charge in [-0.25, -0.2) is 0 Å². The molecule has 0 aliphatic heterocycles. The Morgan fingerprint density at radius 1 is 1.60 bits per heavy atom. The van der Waals surface area contributed by atoms with Gasteiger partial charge in [0.05, 0.1) is 6.07 Å². The van der Waals surface area contributed by atoms with Gasteiger partial charge in [-0.1, -0.05) is 15.9 Å². The Balaban J connectivity index is 2.97. The van der Waals surface area contributed by atoms with Gasteiger partial charge < -0.3 is 4.90 Å². The van der Waals surface area contributed by atoms with Crippen molar-refractivity contribution in [2.45, 2.75) is 6.92 Å². The SMILES string of the molecule is Cc1cc(Br)ccc1C(=O)N(C)CC#N. The zero-order valence-electron chi connectivity index (χ0n) is 8.62. The third kappa shape index (κ3) is 2.80. The van der Waals surface area contributed by atoms with Crippen LogP contribution in [0.3, 0.4) is 0 Å². The first-order valence-electron chi connectivity index (χ1n) is 4.45. The lowest BCUT2D eigenvalue weighted by Crippen LogP contribution is -2.27. The van der Waals surface area contributed by atoms with Gasteiger partial charge in [0.25, 0.3) is 5.91 Å². The van der Waals surface area contributed by atoms with Crippen LogP contribution in [0.4, 0.5) is 0 Å². The highest BCUT2D eigenvalue weighted by Gasteiger charge is 2.13. The van der Waals surface area contributed by atoms with Crippen molar-refractivity contribution < 1.29 is 4.79 Å². The predicted molar refractivity (Wildman–Crippen MR) is 61.5 cm³/mol. The molecule has 1 rings (SSSR count). The second-order valence-corrected chi connectivity index (χ2v) is 4.19. The third-order valence-corrected chi connectivity index (χ3v) is 2.57. The molecule has 0 unspecified atom stereocenters. The molecule has 0 fully saturated rings. The van der Waals surface area contributed by atoms with E-state index in [1.165, 1.54) is 4.90 Å². The van der Waals surface area contributed by atoms with Crippen molar-refractivity contribution >= 4 is 21.8 Å². The molecule has 0 saturated carbocycles. The molecule has 0 bridgehead atoms. The highest BCUT2D eigenvalue weighted by molar-refractivity contribution is 9.10. The maximum absolute atomic E-state index is 11.8. The van der Waals surface area contributed by atoms with Crippen molar-refractivity contribution in [1.82, 2.24) is 4.90 Å². The van der Waals surface area contributed by atoms with E-state index in [2.05, 4.69) is 15.9 Å². The van der Waals surface area contributed by atoms with Crippen molar-refractivity contribution in [3.8, 4) is 6.07 Å². The summed E-state index contributed by atoms with van der Waals surface area (Å²) in [5, 5.41) is 8.49. The Labute approximate surface area is 97.4 Å². The summed E-state index contributed by atoms with van der Waals surface area (Å²) in [6.07, 6.45) is 0. The molecule has 3 nitrogen and oxygen atoms in total. The van der Waals surface area contributed by atoms with Gasteiger partial charge in [-0.3, -0.25) is 4.79 Å². The summed E-state index contributed by atoms with van der Waals surface area (Å²) >= 11 is 3.34. The molecule has 0 aliphatic rings. The number of aryl methyl sites for hydroxylation is 1. The first kappa shape index (κ1) is 11.7. The molecule has 1 amide bonds. The van der Waals surface area contributed by atoms with E-state index in [0.29, 0.717) is 5.56 Å². The van der Waals surface area contributed by atoms with Crippen molar-refractivity contribution in [1.29, 1.82) is 5.26 Å². The van der Waals surface area contributed by atoms with Crippen molar-refractivity contribution in [3.63, 3.8) is 0 Å². The van der Waals surface area contributed by atoms with Crippen LogP contribution in [0.1, 0.15) is 15.9 Å². The number of hydrogen-bond acceptors (Lipinski definition) is 2. The van der Waals surface area contributed by atoms with Gasteiger partial charge in [0.1, 0.15) is 6.54 Å². The first-order chi connectivity index (χ1) is 7.06. The number of carbonyl (C=O) groups is 1. The number of hydrogen-bond donors (Lipinski definition) is 0. The molecular weight excluding hydrogens is 256 g/mol. The molecule has 0 aromatic heterocycles. The van der Waals surface area contributed by atoms with Gasteiger partial charge in [0.15, 0.2) is 0 Å². The molecule has 78 valence electrons. The van der Waals surface area contributed by atoms with Gasteiger partial charge in [0, 0.05) is 17.1 Å². The minimum atomic E-state index is -0.124. The largest absolute Gasteiger partial charge is 0.328 e. The van der Waals surface area contributed by atoms with Crippen LogP contribution in [0.2, 0.25) is 0 Å². The molecule has 4 heteroatoms. The zero-order chi connectivity index (χ0) is 11.4. The van der Waals surface area contributed by atoms with Crippen LogP contribution in [0.15, 0.2) is 22.7 Å². The minimum absolute atomic E-state index is 0.105. The molecule has 0 heterocycles. The zero-order valence-corrected chi connectivity index (χ0v) is 10.2. The van der Waals surface area contributed by atoms with Gasteiger partial charge in [-0.15, -0.1) is 0 Å². The van der Waals surface area contributed by atoms with Crippen LogP contribution in [0.5, 0.6) is 0 Å². The molecule has 0 spiro atoms. The maximum Gasteiger partial charge on any atom is 0.254 e. The monoisotopic (exact) mass is 266 g/mol. The minimum Gasteiger partial charge on any atom is -0.328 e. The fourth-order valence-corrected chi connectivity index (χ4v) is 1.73. The van der Waals surface area contributed by atoms with Crippen molar-refractivity contribution in [2.75, 3.05) is 13.6 Å². The van der Waals surface area contributed by atoms with Crippen molar-refractivity contribution in [3.05, 3.63) is 33.8 Å². The van der Waals surface area contributed by atoms with Crippen LogP contribution in [-0.2, 0) is 0 Å². The summed E-state index contributed by atoms with van der Waals surface area (Å²) in [4.78, 5) is 13.2. The van der Waals surface area contributed by atoms with E-state index in [0.717, 1.165) is 10.0 Å². The van der Waals surface area contributed by atoms with E-state index in [1.807, 2.05) is 25.1 Å². The molecule has 1 aromatic carbocycles. The van der Waals surface area contributed by atoms with Crippen LogP contribution in [-0.4, -0.2) is 24.4 Å². The van der Waals surface area contributed by atoms with E-state index in [1.54, 1.807) is 13.1 Å². The smallest absolute Gasteiger partial charge is 0.254 e. The molecule has 0 N–H and O–H groups in total. The van der Waals surface area contributed by atoms with E-state index in [-0.39, 0.29) is 12.5 Å². The summed E-state index contributed by atoms with van der Waals surface area (Å²) in [6.45, 7) is 1.98. The average molecular weight is 267 g/mol. The van der Waals surface area contributed by atoms with Gasteiger partial charge in [0.2, 0.25) is 0 Å². The van der Waals surface area contributed by atoms with E-state index >= 15 is 0 Å². The summed E-state index contributed by atoms with van der Waals surface area (Å²) in [6, 6.07) is 7.41. The topological polar surface area (TPSA) is 44.1 Å². The van der Waals surface area contributed by atoms with Crippen LogP contribution < -0.4 is 0 Å². The normalized spacial score (nSPS) is 9.47. The van der Waals surface area contributed by atoms with Gasteiger partial charge in [-0.05, 0) is 30.7 Å². The number of rotatable bonds is 2. The van der Waals surface area contributed by atoms with E-state index in [9.17, 15) is 4.79 Å². The lowest BCUT2D eigenvalue weighted by atomic mass is 10.1. The maximum atomic E-state index is 11.8. The fraction of sp³-hybridized carbons (Fsp3) is 0.273. The molecule has 15 heavy (non-hydrogen) atoms. The summed E-state index contributed by atoms with van der Waals surface area (Å²) in [7, 11) is 1.62. The van der Waals surface area contributed by atoms with E-state index in [4.69, 9.17) is 5.26 Å². The van der Waals surface area contributed by atoms with Crippen molar-refractivity contribution in [2.24, 2.45) is 0 Å². The first-order valence-corrected chi connectivity index (χ1v) is 5.24. The summed E-state index contributed by atoms with van der Waals surface area (Å²) in [5.74, 6) is -0.124. The summed E-state index contributed by atoms with van der Waals surface area (Å²) < 4.78 is 0.944. The Morgan fingerprint density at radius 2 is 2.27 bits per heavy atom. The molecule has 0 radical (unpaired) electrons. The van der Waals surface area contributed by atoms with Gasteiger partial charge >= 0.3 is 0 Å². The molecule has 1 aromatic rings. The van der Waals surface area contributed by atoms with E-state index < -0.39 is 0 Å². The van der Waals surface area contributed by atoms with Crippen LogP contribution in [0.25, 0.3) is 0 Å². The highest BCUT2D eigenvalue weighted by atomic mass is 79.9. The number of halogens is 1. The lowest BCUT2D eigenvalue weighted by Gasteiger charge is -2.14. The molecule has 0 saturated heterocycles. The number of carbonyl (C=O) groups excluding carboxylic acids is 1. The highest BCUT2D eigenvalue weighted by Crippen LogP contribution is 2.16. The summed E-state index contributed by atoms with van der Waals surface area (Å²) in [5.41, 5.74) is 1.54. The number of nitriles is 1. The molecular formula is C11H11BrN2O. The Hall–Kier alpha value is -1.34. The lowest BCUT2D eigenvalue weighted by molar-refractivity contribution is 0.0811. The standard InChI is InChI=1S/C11H11BrN2O/c1-8-7-9(12)3-4-10(8)11(15)14(2)6-5-13/h3-4,7H,6H2,1-2H3. The number of amides is 1. The average Bonchev–Trinajstić information content (AvgIpc) is 2.17. The molecule has 0 atom stereocenters. The quantitative estimate of drug-likeness (QED) is 0.772. The van der Waals surface area contributed by atoms with Crippen LogP contribution >= 0.6 is 15.9 Å². The third-order valence-electron chi connectivity index (χ3n) is 2.07. The predicted octanol–water partition coefficient (Wildman–Crippen LogP) is 2.35. The molecule has 0 aliphatic carbocycles. The van der Waals surface area contributed by atoms with Crippen LogP contribution in [0, 0.1) is 18.3 Å². The second kappa shape index (κ2) is 4.94. The second-order valence-electron chi connectivity index (χ2n) is 3.28. The fourth-order valence-electron chi connectivity index (χ4n) is 1.25. The Morgan fingerprint density at radius 3 is 2.80 bits per heavy atom. The Kier molecular flexibility index (Phi) is 3.87. The van der Waals surface area contributed by atoms with Gasteiger partial charge in [-0.2, -0.15) is 5.26 Å².